The molecule has 1 aromatic carbocycles. The Kier molecular flexibility index (Phi) is 3.57. The van der Waals surface area contributed by atoms with E-state index < -0.39 is 0 Å². The zero-order valence-electron chi connectivity index (χ0n) is 11.0. The lowest BCUT2D eigenvalue weighted by Crippen LogP contribution is -2.26. The first-order valence-corrected chi connectivity index (χ1v) is 5.97. The highest BCUT2D eigenvalue weighted by Gasteiger charge is 2.20. The summed E-state index contributed by atoms with van der Waals surface area (Å²) in [6.45, 7) is 3.91. The molecule has 2 rings (SSSR count). The van der Waals surface area contributed by atoms with Crippen molar-refractivity contribution in [2.24, 2.45) is 4.99 Å². The molecule has 0 bridgehead atoms. The highest BCUT2D eigenvalue weighted by molar-refractivity contribution is 6.04. The lowest BCUT2D eigenvalue weighted by Gasteiger charge is -2.23. The minimum absolute atomic E-state index is 0.184. The summed E-state index contributed by atoms with van der Waals surface area (Å²) in [5.74, 6) is -0.184. The molecule has 0 saturated heterocycles. The topological polar surface area (TPSA) is 82.1 Å². The first-order valence-electron chi connectivity index (χ1n) is 5.97. The molecule has 0 aromatic heterocycles. The van der Waals surface area contributed by atoms with Gasteiger partial charge >= 0.3 is 0 Å². The van der Waals surface area contributed by atoms with Crippen molar-refractivity contribution in [2.45, 2.75) is 13.8 Å². The molecule has 1 aliphatic heterocycles. The lowest BCUT2D eigenvalue weighted by atomic mass is 10.0. The van der Waals surface area contributed by atoms with E-state index in [2.05, 4.69) is 4.99 Å². The van der Waals surface area contributed by atoms with Crippen LogP contribution in [0.15, 0.2) is 52.4 Å². The molecule has 1 aliphatic rings. The van der Waals surface area contributed by atoms with E-state index in [9.17, 15) is 10.3 Å². The van der Waals surface area contributed by atoms with Gasteiger partial charge in [0, 0.05) is 0 Å². The Hall–Kier alpha value is -2.27. The van der Waals surface area contributed by atoms with Crippen molar-refractivity contribution in [3.8, 4) is 0 Å². The first-order chi connectivity index (χ1) is 9.00. The van der Waals surface area contributed by atoms with Crippen LogP contribution in [0.3, 0.4) is 0 Å². The largest absolute Gasteiger partial charge is 0.493 e. The van der Waals surface area contributed by atoms with Gasteiger partial charge in [-0.25, -0.2) is 5.06 Å². The van der Waals surface area contributed by atoms with Gasteiger partial charge in [-0.2, -0.15) is 0 Å². The number of nitrogen functional groups attached to an aromatic ring is 1. The van der Waals surface area contributed by atoms with E-state index in [4.69, 9.17) is 5.73 Å². The second-order valence-electron chi connectivity index (χ2n) is 4.42. The highest BCUT2D eigenvalue weighted by Crippen LogP contribution is 2.26. The van der Waals surface area contributed by atoms with Crippen molar-refractivity contribution >= 4 is 17.1 Å². The Bertz CT molecular complexity index is 588. The monoisotopic (exact) mass is 259 g/mol. The molecule has 0 unspecified atom stereocenters. The number of nitrogens with two attached hydrogens (primary N) is 1. The molecule has 19 heavy (non-hydrogen) atoms. The second-order valence-corrected chi connectivity index (χ2v) is 4.42. The predicted molar refractivity (Wildman–Crippen MR) is 75.5 cm³/mol. The van der Waals surface area contributed by atoms with Gasteiger partial charge in [0.15, 0.2) is 0 Å². The Morgan fingerprint density at radius 3 is 2.74 bits per heavy atom. The molecular weight excluding hydrogens is 242 g/mol. The van der Waals surface area contributed by atoms with Gasteiger partial charge in [0.2, 0.25) is 5.88 Å². The van der Waals surface area contributed by atoms with Gasteiger partial charge in [-0.1, -0.05) is 18.2 Å². The van der Waals surface area contributed by atoms with Gasteiger partial charge in [0.1, 0.15) is 0 Å². The fourth-order valence-corrected chi connectivity index (χ4v) is 1.99. The van der Waals surface area contributed by atoms with E-state index in [0.717, 1.165) is 10.6 Å². The summed E-state index contributed by atoms with van der Waals surface area (Å²) in [4.78, 5) is 4.41. The van der Waals surface area contributed by atoms with Crippen LogP contribution in [0.1, 0.15) is 13.8 Å². The molecular formula is C14H17N3O2. The predicted octanol–water partition coefficient (Wildman–Crippen LogP) is 2.78. The van der Waals surface area contributed by atoms with Crippen molar-refractivity contribution in [1.82, 2.24) is 5.06 Å². The zero-order chi connectivity index (χ0) is 14.0. The summed E-state index contributed by atoms with van der Waals surface area (Å²) < 4.78 is 0. The molecule has 0 radical (unpaired) electrons. The van der Waals surface area contributed by atoms with Crippen LogP contribution >= 0.6 is 0 Å². The Morgan fingerprint density at radius 1 is 1.37 bits per heavy atom. The average Bonchev–Trinajstić information content (AvgIpc) is 2.37. The molecule has 1 heterocycles. The highest BCUT2D eigenvalue weighted by atomic mass is 16.5. The van der Waals surface area contributed by atoms with E-state index in [1.54, 1.807) is 19.1 Å². The third-order valence-electron chi connectivity index (χ3n) is 3.02. The molecule has 0 fully saturated rings. The third-order valence-corrected chi connectivity index (χ3v) is 3.02. The van der Waals surface area contributed by atoms with E-state index >= 15 is 0 Å². The Morgan fingerprint density at radius 2 is 2.05 bits per heavy atom. The lowest BCUT2D eigenvalue weighted by molar-refractivity contribution is -0.0853. The van der Waals surface area contributed by atoms with Crippen molar-refractivity contribution in [3.63, 3.8) is 0 Å². The van der Waals surface area contributed by atoms with Gasteiger partial charge < -0.3 is 10.8 Å². The van der Waals surface area contributed by atoms with Gasteiger partial charge in [-0.05, 0) is 31.6 Å². The first kappa shape index (κ1) is 13.2. The number of nitrogens with zero attached hydrogens (tertiary/aromatic N) is 2. The third kappa shape index (κ3) is 2.61. The number of rotatable bonds is 2. The minimum atomic E-state index is -0.184. The Balaban J connectivity index is 2.44. The van der Waals surface area contributed by atoms with Crippen LogP contribution in [0.4, 0.5) is 11.4 Å². The number of hydrogen-bond donors (Lipinski definition) is 3. The standard InChI is InChI=1S/C14H17N3O2/c1-9-7-8-17(19)14(18)13(9)10(2)16-12-6-4-3-5-11(12)15/h3-7,18-19H,8,15H2,1-2H3/b16-10+. The van der Waals surface area contributed by atoms with Gasteiger partial charge in [0.25, 0.3) is 0 Å². The maximum atomic E-state index is 9.93. The number of aliphatic hydroxyl groups is 1. The number of aliphatic imine (C=N–C) groups is 1. The number of hydrogen-bond acceptors (Lipinski definition) is 5. The molecule has 100 valence electrons. The zero-order valence-corrected chi connectivity index (χ0v) is 11.0. The summed E-state index contributed by atoms with van der Waals surface area (Å²) in [5, 5.41) is 20.3. The van der Waals surface area contributed by atoms with E-state index in [1.165, 1.54) is 0 Å². The van der Waals surface area contributed by atoms with E-state index in [1.807, 2.05) is 25.1 Å². The Labute approximate surface area is 112 Å². The number of para-hydroxylation sites is 2. The van der Waals surface area contributed by atoms with Gasteiger partial charge in [-0.15, -0.1) is 0 Å². The number of aliphatic hydroxyl groups excluding tert-OH is 1. The summed E-state index contributed by atoms with van der Waals surface area (Å²) in [6, 6.07) is 7.25. The molecule has 1 aromatic rings. The van der Waals surface area contributed by atoms with Crippen LogP contribution < -0.4 is 5.73 Å². The fraction of sp³-hybridized carbons (Fsp3) is 0.214. The van der Waals surface area contributed by atoms with Gasteiger partial charge in [0.05, 0.1) is 29.2 Å². The van der Waals surface area contributed by atoms with Crippen LogP contribution in [0, 0.1) is 0 Å². The maximum Gasteiger partial charge on any atom is 0.220 e. The molecule has 0 atom stereocenters. The summed E-state index contributed by atoms with van der Waals surface area (Å²) in [6.07, 6.45) is 1.82. The second kappa shape index (κ2) is 5.16. The summed E-state index contributed by atoms with van der Waals surface area (Å²) >= 11 is 0. The van der Waals surface area contributed by atoms with Crippen molar-refractivity contribution in [1.29, 1.82) is 0 Å². The molecule has 0 aliphatic carbocycles. The number of benzene rings is 1. The molecule has 0 amide bonds. The van der Waals surface area contributed by atoms with E-state index in [-0.39, 0.29) is 12.4 Å². The quantitative estimate of drug-likeness (QED) is 0.563. The summed E-state index contributed by atoms with van der Waals surface area (Å²) in [7, 11) is 0. The molecule has 0 spiro atoms. The number of anilines is 1. The minimum Gasteiger partial charge on any atom is -0.493 e. The molecule has 5 nitrogen and oxygen atoms in total. The van der Waals surface area contributed by atoms with Crippen LogP contribution in [0.5, 0.6) is 0 Å². The van der Waals surface area contributed by atoms with Crippen molar-refractivity contribution in [3.05, 3.63) is 47.4 Å². The van der Waals surface area contributed by atoms with Crippen molar-refractivity contribution in [2.75, 3.05) is 12.3 Å². The van der Waals surface area contributed by atoms with Crippen LogP contribution in [-0.4, -0.2) is 27.6 Å². The van der Waals surface area contributed by atoms with Crippen LogP contribution in [0.25, 0.3) is 0 Å². The average molecular weight is 259 g/mol. The van der Waals surface area contributed by atoms with Gasteiger partial charge in [-0.3, -0.25) is 10.2 Å². The summed E-state index contributed by atoms with van der Waals surface area (Å²) in [5.41, 5.74) is 9.04. The SMILES string of the molecule is CC1=CCN(O)C(O)=C1/C(C)=N/c1ccccc1N. The molecule has 4 N–H and O–H groups in total. The number of allylic oxidation sites excluding steroid dienone is 2. The van der Waals surface area contributed by atoms with E-state index in [0.29, 0.717) is 22.7 Å². The maximum absolute atomic E-state index is 9.93. The molecule has 5 heteroatoms. The molecule has 0 saturated carbocycles. The number of hydroxylamine groups is 2. The van der Waals surface area contributed by atoms with Crippen molar-refractivity contribution < 1.29 is 10.3 Å². The fourth-order valence-electron chi connectivity index (χ4n) is 1.99. The van der Waals surface area contributed by atoms with Crippen LogP contribution in [0.2, 0.25) is 0 Å². The van der Waals surface area contributed by atoms with Crippen LogP contribution in [-0.2, 0) is 0 Å². The smallest absolute Gasteiger partial charge is 0.220 e. The normalized spacial score (nSPS) is 16.7.